The normalized spacial score (nSPS) is 25.7. The first kappa shape index (κ1) is 10.8. The highest BCUT2D eigenvalue weighted by molar-refractivity contribution is 7.93. The Hall–Kier alpha value is -0.300. The number of hydrogen-bond donors (Lipinski definition) is 0. The van der Waals surface area contributed by atoms with Gasteiger partial charge in [-0.1, -0.05) is 5.04 Å². The van der Waals surface area contributed by atoms with E-state index in [-0.39, 0.29) is 17.8 Å². The average Bonchev–Trinajstić information content (AvgIpc) is 2.91. The van der Waals surface area contributed by atoms with Crippen LogP contribution in [0, 0.1) is 11.8 Å². The number of carbonyl (C=O) groups is 1. The van der Waals surface area contributed by atoms with E-state index >= 15 is 0 Å². The molecular weight excluding hydrogens is 196 g/mol. The van der Waals surface area contributed by atoms with Crippen LogP contribution in [-0.4, -0.2) is 25.9 Å². The van der Waals surface area contributed by atoms with Crippen LogP contribution >= 0.6 is 12.0 Å². The van der Waals surface area contributed by atoms with Crippen LogP contribution in [0.2, 0.25) is 0 Å². The molecule has 1 aliphatic carbocycles. The van der Waals surface area contributed by atoms with Crippen molar-refractivity contribution < 1.29 is 23.8 Å². The Morgan fingerprint density at radius 2 is 2.38 bits per heavy atom. The Morgan fingerprint density at radius 3 is 3.00 bits per heavy atom. The molecule has 6 heteroatoms. The fourth-order valence-corrected chi connectivity index (χ4v) is 1.13. The Balaban J connectivity index is 1.98. The number of methoxy groups -OCH3 is 1. The highest BCUT2D eigenvalue weighted by Gasteiger charge is 2.44. The van der Waals surface area contributed by atoms with Crippen molar-refractivity contribution in [2.75, 3.05) is 20.0 Å². The van der Waals surface area contributed by atoms with Gasteiger partial charge in [0.05, 0.1) is 19.6 Å². The van der Waals surface area contributed by atoms with Crippen LogP contribution in [0.5, 0.6) is 0 Å². The molecule has 0 aromatic rings. The van der Waals surface area contributed by atoms with E-state index in [1.165, 1.54) is 7.11 Å². The van der Waals surface area contributed by atoms with Crippen molar-refractivity contribution in [3.63, 3.8) is 0 Å². The van der Waals surface area contributed by atoms with Gasteiger partial charge in [0.2, 0.25) is 0 Å². The van der Waals surface area contributed by atoms with Gasteiger partial charge >= 0.3 is 5.97 Å². The van der Waals surface area contributed by atoms with E-state index in [0.717, 1.165) is 18.5 Å². The molecule has 0 unspecified atom stereocenters. The molecule has 0 heterocycles. The third-order valence-electron chi connectivity index (χ3n) is 1.85. The van der Waals surface area contributed by atoms with Crippen LogP contribution in [-0.2, 0) is 23.8 Å². The lowest BCUT2D eigenvalue weighted by Gasteiger charge is -1.99. The van der Waals surface area contributed by atoms with E-state index in [2.05, 4.69) is 19.0 Å². The maximum Gasteiger partial charge on any atom is 0.309 e. The van der Waals surface area contributed by atoms with Gasteiger partial charge in [0, 0.05) is 18.3 Å². The summed E-state index contributed by atoms with van der Waals surface area (Å²) in [5.41, 5.74) is 0. The summed E-state index contributed by atoms with van der Waals surface area (Å²) in [6.07, 6.45) is 2.51. The predicted molar refractivity (Wildman–Crippen MR) is 45.3 cm³/mol. The molecule has 1 saturated carbocycles. The van der Waals surface area contributed by atoms with Crippen LogP contribution < -0.4 is 0 Å². The van der Waals surface area contributed by atoms with Crippen molar-refractivity contribution in [3.05, 3.63) is 0 Å². The minimum Gasteiger partial charge on any atom is -0.469 e. The van der Waals surface area contributed by atoms with Crippen molar-refractivity contribution in [1.82, 2.24) is 0 Å². The quantitative estimate of drug-likeness (QED) is 0.213. The summed E-state index contributed by atoms with van der Waals surface area (Å²) in [5.74, 6) is 0.000158. The van der Waals surface area contributed by atoms with Gasteiger partial charge in [0.15, 0.2) is 0 Å². The molecule has 0 bridgehead atoms. The molecule has 0 aromatic heterocycles. The fourth-order valence-electron chi connectivity index (χ4n) is 1.03. The van der Waals surface area contributed by atoms with E-state index < -0.39 is 0 Å². The molecule has 1 aliphatic rings. The topological polar surface area (TPSA) is 54.0 Å². The van der Waals surface area contributed by atoms with Gasteiger partial charge in [-0.25, -0.2) is 4.89 Å². The van der Waals surface area contributed by atoms with E-state index in [1.807, 2.05) is 0 Å². The molecule has 0 spiro atoms. The van der Waals surface area contributed by atoms with Crippen molar-refractivity contribution in [3.8, 4) is 0 Å². The van der Waals surface area contributed by atoms with Gasteiger partial charge in [-0.2, -0.15) is 0 Å². The summed E-state index contributed by atoms with van der Waals surface area (Å²) in [7, 11) is 1.38. The van der Waals surface area contributed by atoms with Crippen LogP contribution in [0.4, 0.5) is 0 Å². The molecule has 5 nitrogen and oxygen atoms in total. The average molecular weight is 208 g/mol. The minimum atomic E-state index is -0.181. The van der Waals surface area contributed by atoms with Crippen LogP contribution in [0.25, 0.3) is 0 Å². The summed E-state index contributed by atoms with van der Waals surface area (Å²) in [6.45, 7) is 0.361. The van der Waals surface area contributed by atoms with Crippen molar-refractivity contribution in [1.29, 1.82) is 0 Å². The maximum absolute atomic E-state index is 10.9. The third-order valence-corrected chi connectivity index (χ3v) is 2.04. The zero-order valence-electron chi connectivity index (χ0n) is 7.52. The lowest BCUT2D eigenvalue weighted by molar-refractivity contribution is -0.461. The monoisotopic (exact) mass is 208 g/mol. The van der Waals surface area contributed by atoms with Gasteiger partial charge in [-0.15, -0.1) is 4.33 Å². The number of rotatable bonds is 6. The van der Waals surface area contributed by atoms with E-state index in [0.29, 0.717) is 6.61 Å². The van der Waals surface area contributed by atoms with Crippen molar-refractivity contribution >= 4 is 18.0 Å². The molecule has 2 atom stereocenters. The predicted octanol–water partition coefficient (Wildman–Crippen LogP) is 0.953. The lowest BCUT2D eigenvalue weighted by Crippen LogP contribution is -2.07. The summed E-state index contributed by atoms with van der Waals surface area (Å²) in [6, 6.07) is 0. The van der Waals surface area contributed by atoms with Gasteiger partial charge in [-0.3, -0.25) is 4.79 Å². The third kappa shape index (κ3) is 3.51. The molecule has 1 fully saturated rings. The molecule has 13 heavy (non-hydrogen) atoms. The zero-order chi connectivity index (χ0) is 9.68. The zero-order valence-corrected chi connectivity index (χ0v) is 8.33. The summed E-state index contributed by atoms with van der Waals surface area (Å²) >= 11 is 1.05. The van der Waals surface area contributed by atoms with E-state index in [4.69, 9.17) is 0 Å². The minimum absolute atomic E-state index is 0.0251. The number of hydrogen-bond acceptors (Lipinski definition) is 6. The fraction of sp³-hybridized carbons (Fsp3) is 0.857. The number of ether oxygens (including phenoxy) is 1. The van der Waals surface area contributed by atoms with E-state index in [1.54, 1.807) is 6.26 Å². The highest BCUT2D eigenvalue weighted by Crippen LogP contribution is 2.39. The van der Waals surface area contributed by atoms with Crippen LogP contribution in [0.3, 0.4) is 0 Å². The molecule has 0 radical (unpaired) electrons. The first-order valence-corrected chi connectivity index (χ1v) is 5.01. The summed E-state index contributed by atoms with van der Waals surface area (Å²) < 4.78 is 8.97. The van der Waals surface area contributed by atoms with Gasteiger partial charge in [0.1, 0.15) is 0 Å². The first-order valence-electron chi connectivity index (χ1n) is 3.86. The molecule has 76 valence electrons. The Morgan fingerprint density at radius 1 is 1.62 bits per heavy atom. The number of esters is 1. The summed E-state index contributed by atoms with van der Waals surface area (Å²) in [5, 5.41) is 4.31. The molecule has 0 saturated heterocycles. The standard InChI is InChI=1S/C7H12O5S/c1-9-7(8)6-3-5(6)4-10-11-12-13-2/h5-6H,3-4H2,1-2H3/t5-,6+/m0/s1. The smallest absolute Gasteiger partial charge is 0.309 e. The molecule has 1 rings (SSSR count). The van der Waals surface area contributed by atoms with E-state index in [9.17, 15) is 4.79 Å². The molecule has 0 amide bonds. The molecule has 0 aliphatic heterocycles. The molecule has 0 N–H and O–H groups in total. The SMILES string of the molecule is COC(=O)[C@@H]1C[C@H]1COOOSC. The largest absolute Gasteiger partial charge is 0.469 e. The molecule has 0 aromatic carbocycles. The second-order valence-corrected chi connectivity index (χ2v) is 3.18. The number of carbonyl (C=O) groups excluding carboxylic acids is 1. The van der Waals surface area contributed by atoms with Gasteiger partial charge in [0.25, 0.3) is 0 Å². The first-order chi connectivity index (χ1) is 6.29. The molecular formula is C7H12O5S. The van der Waals surface area contributed by atoms with Crippen molar-refractivity contribution in [2.45, 2.75) is 6.42 Å². The van der Waals surface area contributed by atoms with Crippen LogP contribution in [0.15, 0.2) is 0 Å². The maximum atomic E-state index is 10.9. The Bertz CT molecular complexity index is 174. The van der Waals surface area contributed by atoms with Gasteiger partial charge < -0.3 is 4.74 Å². The second kappa shape index (κ2) is 5.43. The lowest BCUT2D eigenvalue weighted by atomic mass is 10.3. The Labute approximate surface area is 80.7 Å². The Kier molecular flexibility index (Phi) is 4.51. The van der Waals surface area contributed by atoms with Gasteiger partial charge in [-0.05, 0) is 12.3 Å². The summed E-state index contributed by atoms with van der Waals surface area (Å²) in [4.78, 5) is 15.6. The van der Waals surface area contributed by atoms with Crippen LogP contribution in [0.1, 0.15) is 6.42 Å². The second-order valence-electron chi connectivity index (χ2n) is 2.71. The van der Waals surface area contributed by atoms with Crippen molar-refractivity contribution in [2.24, 2.45) is 11.8 Å². The highest BCUT2D eigenvalue weighted by atomic mass is 32.2.